The largest absolute Gasteiger partial charge is 0.469 e. The topological polar surface area (TPSA) is 85.3 Å². The summed E-state index contributed by atoms with van der Waals surface area (Å²) in [6.45, 7) is 1.50. The van der Waals surface area contributed by atoms with Gasteiger partial charge in [0.05, 0.1) is 18.4 Å². The molecular weight excluding hydrogens is 172 g/mol. The highest BCUT2D eigenvalue weighted by Gasteiger charge is 2.10. The molecule has 5 heteroatoms. The third kappa shape index (κ3) is 2.33. The summed E-state index contributed by atoms with van der Waals surface area (Å²) < 4.78 is 4.92. The maximum atomic E-state index is 11.3. The highest BCUT2D eigenvalue weighted by atomic mass is 16.3. The van der Waals surface area contributed by atoms with Crippen molar-refractivity contribution in [2.45, 2.75) is 6.92 Å². The molecule has 0 radical (unpaired) electrons. The first-order valence-corrected chi connectivity index (χ1v) is 3.72. The number of hydrogen-bond donors (Lipinski definition) is 2. The summed E-state index contributed by atoms with van der Waals surface area (Å²) in [5, 5.41) is 2.35. The van der Waals surface area contributed by atoms with E-state index in [1.54, 1.807) is 6.92 Å². The van der Waals surface area contributed by atoms with E-state index in [1.807, 2.05) is 0 Å². The van der Waals surface area contributed by atoms with Crippen molar-refractivity contribution in [3.05, 3.63) is 23.7 Å². The van der Waals surface area contributed by atoms with E-state index in [9.17, 15) is 9.59 Å². The molecule has 0 unspecified atom stereocenters. The Morgan fingerprint density at radius 1 is 1.62 bits per heavy atom. The lowest BCUT2D eigenvalue weighted by molar-refractivity contribution is -0.117. The molecule has 0 aliphatic carbocycles. The highest BCUT2D eigenvalue weighted by molar-refractivity contribution is 5.96. The lowest BCUT2D eigenvalue weighted by Gasteiger charge is -1.99. The van der Waals surface area contributed by atoms with Gasteiger partial charge in [0.25, 0.3) is 5.91 Å². The lowest BCUT2D eigenvalue weighted by atomic mass is 10.2. The van der Waals surface area contributed by atoms with Crippen LogP contribution in [0.4, 0.5) is 0 Å². The van der Waals surface area contributed by atoms with Gasteiger partial charge in [-0.1, -0.05) is 0 Å². The number of carbonyl (C=O) groups is 2. The smallest absolute Gasteiger partial charge is 0.255 e. The minimum absolute atomic E-state index is 0.163. The van der Waals surface area contributed by atoms with E-state index in [4.69, 9.17) is 10.2 Å². The van der Waals surface area contributed by atoms with E-state index in [1.165, 1.54) is 12.3 Å². The zero-order valence-electron chi connectivity index (χ0n) is 7.16. The molecule has 0 saturated carbocycles. The van der Waals surface area contributed by atoms with Crippen LogP contribution < -0.4 is 11.1 Å². The second-order valence-corrected chi connectivity index (χ2v) is 2.54. The normalized spacial score (nSPS) is 9.62. The summed E-state index contributed by atoms with van der Waals surface area (Å²) in [6, 6.07) is 1.53. The maximum Gasteiger partial charge on any atom is 0.255 e. The first kappa shape index (κ1) is 9.31. The van der Waals surface area contributed by atoms with Gasteiger partial charge in [-0.15, -0.1) is 0 Å². The Hall–Kier alpha value is -1.78. The van der Waals surface area contributed by atoms with Crippen molar-refractivity contribution < 1.29 is 14.0 Å². The maximum absolute atomic E-state index is 11.3. The fourth-order valence-corrected chi connectivity index (χ4v) is 0.883. The molecule has 1 heterocycles. The van der Waals surface area contributed by atoms with Crippen molar-refractivity contribution in [2.24, 2.45) is 5.73 Å². The summed E-state index contributed by atoms with van der Waals surface area (Å²) >= 11 is 0. The molecule has 3 N–H and O–H groups in total. The van der Waals surface area contributed by atoms with Crippen LogP contribution in [-0.4, -0.2) is 18.4 Å². The fourth-order valence-electron chi connectivity index (χ4n) is 0.883. The molecule has 13 heavy (non-hydrogen) atoms. The van der Waals surface area contributed by atoms with Crippen molar-refractivity contribution in [3.8, 4) is 0 Å². The van der Waals surface area contributed by atoms with Gasteiger partial charge < -0.3 is 15.5 Å². The van der Waals surface area contributed by atoms with Crippen LogP contribution >= 0.6 is 0 Å². The van der Waals surface area contributed by atoms with Gasteiger partial charge in [-0.05, 0) is 13.0 Å². The monoisotopic (exact) mass is 182 g/mol. The average molecular weight is 182 g/mol. The van der Waals surface area contributed by atoms with Gasteiger partial charge in [0.2, 0.25) is 5.91 Å². The zero-order chi connectivity index (χ0) is 9.84. The second-order valence-electron chi connectivity index (χ2n) is 2.54. The van der Waals surface area contributed by atoms with Crippen LogP contribution in [0.5, 0.6) is 0 Å². The Balaban J connectivity index is 2.59. The molecule has 70 valence electrons. The second kappa shape index (κ2) is 3.75. The third-order valence-corrected chi connectivity index (χ3v) is 1.53. The van der Waals surface area contributed by atoms with Crippen LogP contribution in [0, 0.1) is 6.92 Å². The fraction of sp³-hybridized carbons (Fsp3) is 0.250. The molecule has 1 rings (SSSR count). The summed E-state index contributed by atoms with van der Waals surface area (Å²) in [4.78, 5) is 21.6. The zero-order valence-corrected chi connectivity index (χ0v) is 7.16. The van der Waals surface area contributed by atoms with Crippen LogP contribution in [-0.2, 0) is 4.79 Å². The molecule has 0 aliphatic heterocycles. The standard InChI is InChI=1S/C8H10N2O3/c1-5-6(2-3-13-5)8(12)10-4-7(9)11/h2-3H,4H2,1H3,(H2,9,11)(H,10,12). The molecule has 5 nitrogen and oxygen atoms in total. The Labute approximate surface area is 74.9 Å². The number of nitrogens with one attached hydrogen (secondary N) is 1. The lowest BCUT2D eigenvalue weighted by Crippen LogP contribution is -2.33. The summed E-state index contributed by atoms with van der Waals surface area (Å²) in [5.74, 6) is -0.415. The molecular formula is C8H10N2O3. The molecule has 2 amide bonds. The number of furan rings is 1. The predicted octanol–water partition coefficient (Wildman–Crippen LogP) is -0.197. The van der Waals surface area contributed by atoms with E-state index in [-0.39, 0.29) is 12.5 Å². The predicted molar refractivity (Wildman–Crippen MR) is 45.0 cm³/mol. The molecule has 0 atom stereocenters. The Kier molecular flexibility index (Phi) is 2.69. The number of rotatable bonds is 3. The van der Waals surface area contributed by atoms with Gasteiger partial charge in [-0.2, -0.15) is 0 Å². The molecule has 0 saturated heterocycles. The first-order chi connectivity index (χ1) is 6.11. The summed E-state index contributed by atoms with van der Waals surface area (Å²) in [7, 11) is 0. The summed E-state index contributed by atoms with van der Waals surface area (Å²) in [5.41, 5.74) is 5.27. The molecule has 1 aromatic rings. The van der Waals surface area contributed by atoms with E-state index in [0.29, 0.717) is 11.3 Å². The van der Waals surface area contributed by atoms with Crippen LogP contribution in [0.1, 0.15) is 16.1 Å². The van der Waals surface area contributed by atoms with Crippen LogP contribution in [0.25, 0.3) is 0 Å². The number of nitrogens with two attached hydrogens (primary N) is 1. The molecule has 0 aromatic carbocycles. The van der Waals surface area contributed by atoms with Crippen molar-refractivity contribution in [1.82, 2.24) is 5.32 Å². The van der Waals surface area contributed by atoms with Gasteiger partial charge in [-0.25, -0.2) is 0 Å². The van der Waals surface area contributed by atoms with Crippen molar-refractivity contribution in [2.75, 3.05) is 6.54 Å². The van der Waals surface area contributed by atoms with E-state index < -0.39 is 5.91 Å². The van der Waals surface area contributed by atoms with Gasteiger partial charge >= 0.3 is 0 Å². The van der Waals surface area contributed by atoms with Crippen LogP contribution in [0.2, 0.25) is 0 Å². The number of carbonyl (C=O) groups excluding carboxylic acids is 2. The molecule has 0 fully saturated rings. The quantitative estimate of drug-likeness (QED) is 0.679. The number of hydrogen-bond acceptors (Lipinski definition) is 3. The Morgan fingerprint density at radius 2 is 2.31 bits per heavy atom. The Morgan fingerprint density at radius 3 is 2.77 bits per heavy atom. The minimum Gasteiger partial charge on any atom is -0.469 e. The number of primary amides is 1. The van der Waals surface area contributed by atoms with Gasteiger partial charge in [0, 0.05) is 0 Å². The van der Waals surface area contributed by atoms with E-state index in [0.717, 1.165) is 0 Å². The number of amides is 2. The highest BCUT2D eigenvalue weighted by Crippen LogP contribution is 2.07. The van der Waals surface area contributed by atoms with Crippen LogP contribution in [0.3, 0.4) is 0 Å². The van der Waals surface area contributed by atoms with Crippen molar-refractivity contribution in [3.63, 3.8) is 0 Å². The average Bonchev–Trinajstić information content (AvgIpc) is 2.47. The molecule has 0 bridgehead atoms. The SMILES string of the molecule is Cc1occc1C(=O)NCC(N)=O. The van der Waals surface area contributed by atoms with Gasteiger partial charge in [0.1, 0.15) is 5.76 Å². The molecule has 0 spiro atoms. The van der Waals surface area contributed by atoms with Crippen molar-refractivity contribution in [1.29, 1.82) is 0 Å². The molecule has 0 aliphatic rings. The number of aryl methyl sites for hydroxylation is 1. The van der Waals surface area contributed by atoms with Gasteiger partial charge in [0.15, 0.2) is 0 Å². The molecule has 1 aromatic heterocycles. The third-order valence-electron chi connectivity index (χ3n) is 1.53. The van der Waals surface area contributed by atoms with E-state index in [2.05, 4.69) is 5.32 Å². The van der Waals surface area contributed by atoms with Crippen LogP contribution in [0.15, 0.2) is 16.7 Å². The van der Waals surface area contributed by atoms with Gasteiger partial charge in [-0.3, -0.25) is 9.59 Å². The Bertz CT molecular complexity index is 330. The minimum atomic E-state index is -0.575. The van der Waals surface area contributed by atoms with Crippen molar-refractivity contribution >= 4 is 11.8 Å². The van der Waals surface area contributed by atoms with E-state index >= 15 is 0 Å². The summed E-state index contributed by atoms with van der Waals surface area (Å²) in [6.07, 6.45) is 1.41. The first-order valence-electron chi connectivity index (χ1n) is 3.72.